The predicted molar refractivity (Wildman–Crippen MR) is 79.6 cm³/mol. The van der Waals surface area contributed by atoms with E-state index in [0.29, 0.717) is 15.4 Å². The van der Waals surface area contributed by atoms with Crippen molar-refractivity contribution in [3.05, 3.63) is 39.5 Å². The Morgan fingerprint density at radius 1 is 1.45 bits per heavy atom. The van der Waals surface area contributed by atoms with Crippen LogP contribution in [0.15, 0.2) is 18.2 Å². The molecular weight excluding hydrogens is 299 g/mol. The molecule has 0 saturated carbocycles. The quantitative estimate of drug-likeness (QED) is 0.732. The van der Waals surface area contributed by atoms with Gasteiger partial charge >= 0.3 is 0 Å². The van der Waals surface area contributed by atoms with Gasteiger partial charge in [0.25, 0.3) is 0 Å². The number of hydrogen-bond donors (Lipinski definition) is 1. The van der Waals surface area contributed by atoms with E-state index in [-0.39, 0.29) is 5.69 Å². The van der Waals surface area contributed by atoms with E-state index in [2.05, 4.69) is 10.1 Å². The first kappa shape index (κ1) is 13.3. The van der Waals surface area contributed by atoms with Crippen LogP contribution in [0.1, 0.15) is 12.6 Å². The highest BCUT2D eigenvalue weighted by atomic mass is 35.5. The number of para-hydroxylation sites is 1. The van der Waals surface area contributed by atoms with Gasteiger partial charge in [-0.1, -0.05) is 24.6 Å². The number of nitrogens with zero attached hydrogens (tertiary/aromatic N) is 3. The van der Waals surface area contributed by atoms with Crippen LogP contribution in [0.4, 0.5) is 4.39 Å². The first-order valence-corrected chi connectivity index (χ1v) is 6.94. The molecule has 0 amide bonds. The van der Waals surface area contributed by atoms with Crippen LogP contribution in [0.25, 0.3) is 16.9 Å². The minimum atomic E-state index is -0.422. The van der Waals surface area contributed by atoms with Crippen molar-refractivity contribution in [1.82, 2.24) is 19.3 Å². The molecule has 104 valence electrons. The average Bonchev–Trinajstić information content (AvgIpc) is 2.88. The van der Waals surface area contributed by atoms with Crippen LogP contribution in [0.2, 0.25) is 5.02 Å². The molecule has 2 aromatic heterocycles. The second-order valence-corrected chi connectivity index (χ2v) is 5.25. The molecule has 3 rings (SSSR count). The molecule has 0 bridgehead atoms. The molecule has 20 heavy (non-hydrogen) atoms. The molecule has 0 aliphatic carbocycles. The molecule has 0 fully saturated rings. The highest BCUT2D eigenvalue weighted by Crippen LogP contribution is 2.28. The highest BCUT2D eigenvalue weighted by Gasteiger charge is 2.19. The maximum Gasteiger partial charge on any atom is 0.184 e. The summed E-state index contributed by atoms with van der Waals surface area (Å²) in [5.41, 5.74) is 2.66. The molecule has 0 unspecified atom stereocenters. The summed E-state index contributed by atoms with van der Waals surface area (Å²) in [4.78, 5) is 3.09. The Bertz CT molecular complexity index is 841. The number of imidazole rings is 1. The van der Waals surface area contributed by atoms with Gasteiger partial charge in [-0.15, -0.1) is 0 Å². The number of H-pyrrole nitrogens is 1. The number of aromatic amines is 1. The molecule has 0 aliphatic heterocycles. The van der Waals surface area contributed by atoms with Gasteiger partial charge in [0.1, 0.15) is 17.0 Å². The zero-order chi connectivity index (χ0) is 14.4. The number of benzene rings is 1. The van der Waals surface area contributed by atoms with Crippen molar-refractivity contribution in [2.24, 2.45) is 7.05 Å². The number of hydrogen-bond acceptors (Lipinski definition) is 2. The van der Waals surface area contributed by atoms with Gasteiger partial charge in [-0.2, -0.15) is 5.10 Å². The van der Waals surface area contributed by atoms with Crippen LogP contribution in [-0.2, 0) is 13.5 Å². The average molecular weight is 311 g/mol. The Hall–Kier alpha value is -1.66. The second kappa shape index (κ2) is 4.71. The summed E-state index contributed by atoms with van der Waals surface area (Å²) in [6.07, 6.45) is 0.762. The van der Waals surface area contributed by atoms with E-state index in [1.54, 1.807) is 28.4 Å². The van der Waals surface area contributed by atoms with E-state index in [1.807, 2.05) is 6.92 Å². The third kappa shape index (κ3) is 1.79. The maximum absolute atomic E-state index is 14.1. The largest absolute Gasteiger partial charge is 0.327 e. The molecule has 0 saturated heterocycles. The van der Waals surface area contributed by atoms with Crippen LogP contribution < -0.4 is 0 Å². The lowest BCUT2D eigenvalue weighted by atomic mass is 10.3. The molecule has 1 N–H and O–H groups in total. The van der Waals surface area contributed by atoms with Crippen LogP contribution in [0.3, 0.4) is 0 Å². The summed E-state index contributed by atoms with van der Waals surface area (Å²) in [6.45, 7) is 2.01. The highest BCUT2D eigenvalue weighted by molar-refractivity contribution is 7.71. The van der Waals surface area contributed by atoms with Crippen molar-refractivity contribution in [3.63, 3.8) is 0 Å². The van der Waals surface area contributed by atoms with Crippen LogP contribution in [0, 0.1) is 10.6 Å². The van der Waals surface area contributed by atoms with Crippen molar-refractivity contribution < 1.29 is 4.39 Å². The first-order chi connectivity index (χ1) is 9.54. The van der Waals surface area contributed by atoms with Gasteiger partial charge in [-0.25, -0.2) is 9.07 Å². The molecule has 0 atom stereocenters. The van der Waals surface area contributed by atoms with E-state index >= 15 is 0 Å². The third-order valence-corrected chi connectivity index (χ3v) is 3.82. The Morgan fingerprint density at radius 3 is 2.85 bits per heavy atom. The van der Waals surface area contributed by atoms with Crippen molar-refractivity contribution in [2.45, 2.75) is 13.3 Å². The monoisotopic (exact) mass is 310 g/mol. The Morgan fingerprint density at radius 2 is 2.20 bits per heavy atom. The summed E-state index contributed by atoms with van der Waals surface area (Å²) in [7, 11) is 1.80. The smallest absolute Gasteiger partial charge is 0.184 e. The van der Waals surface area contributed by atoms with E-state index in [4.69, 9.17) is 23.8 Å². The minimum absolute atomic E-state index is 0.246. The fraction of sp³-hybridized carbons (Fsp3) is 0.231. The van der Waals surface area contributed by atoms with Gasteiger partial charge in [0.15, 0.2) is 10.4 Å². The van der Waals surface area contributed by atoms with Gasteiger partial charge in [0, 0.05) is 7.05 Å². The third-order valence-electron chi connectivity index (χ3n) is 3.23. The molecule has 7 heteroatoms. The predicted octanol–water partition coefficient (Wildman–Crippen LogP) is 3.78. The standard InChI is InChI=1S/C13H12ClFN4S/c1-3-9-10-12(18(2)17-9)19(13(20)16-10)11-7(14)5-4-6-8(11)15/h4-6H,3H2,1-2H3,(H,16,20). The van der Waals surface area contributed by atoms with E-state index < -0.39 is 5.82 Å². The molecule has 0 aliphatic rings. The zero-order valence-corrected chi connectivity index (χ0v) is 12.5. The Kier molecular flexibility index (Phi) is 3.14. The van der Waals surface area contributed by atoms with Gasteiger partial charge in [-0.05, 0) is 30.8 Å². The fourth-order valence-corrected chi connectivity index (χ4v) is 2.90. The van der Waals surface area contributed by atoms with E-state index in [1.165, 1.54) is 6.07 Å². The summed E-state index contributed by atoms with van der Waals surface area (Å²) in [5.74, 6) is -0.422. The molecule has 0 radical (unpaired) electrons. The molecule has 2 heterocycles. The fourth-order valence-electron chi connectivity index (χ4n) is 2.37. The summed E-state index contributed by atoms with van der Waals surface area (Å²) in [6, 6.07) is 4.56. The summed E-state index contributed by atoms with van der Waals surface area (Å²) < 4.78 is 17.8. The van der Waals surface area contributed by atoms with Crippen LogP contribution >= 0.6 is 23.8 Å². The lowest BCUT2D eigenvalue weighted by Gasteiger charge is -2.08. The molecular formula is C13H12ClFN4S. The number of fused-ring (bicyclic) bond motifs is 1. The van der Waals surface area contributed by atoms with Gasteiger partial charge in [0.2, 0.25) is 0 Å². The van der Waals surface area contributed by atoms with Crippen molar-refractivity contribution >= 4 is 35.0 Å². The number of aromatic nitrogens is 4. The lowest BCUT2D eigenvalue weighted by molar-refractivity contribution is 0.617. The molecule has 0 spiro atoms. The van der Waals surface area contributed by atoms with Gasteiger partial charge in [0.05, 0.1) is 10.7 Å². The number of aryl methyl sites for hydroxylation is 2. The van der Waals surface area contributed by atoms with Crippen molar-refractivity contribution in [2.75, 3.05) is 0 Å². The van der Waals surface area contributed by atoms with Crippen LogP contribution in [0.5, 0.6) is 0 Å². The van der Waals surface area contributed by atoms with E-state index in [9.17, 15) is 4.39 Å². The van der Waals surface area contributed by atoms with Crippen LogP contribution in [-0.4, -0.2) is 19.3 Å². The number of halogens is 2. The van der Waals surface area contributed by atoms with Crippen molar-refractivity contribution in [1.29, 1.82) is 0 Å². The molecule has 4 nitrogen and oxygen atoms in total. The summed E-state index contributed by atoms with van der Waals surface area (Å²) >= 11 is 11.5. The van der Waals surface area contributed by atoms with Crippen molar-refractivity contribution in [3.8, 4) is 5.69 Å². The SMILES string of the molecule is CCc1nn(C)c2c1[nH]c(=S)n2-c1c(F)cccc1Cl. The maximum atomic E-state index is 14.1. The van der Waals surface area contributed by atoms with Gasteiger partial charge < -0.3 is 4.98 Å². The molecule has 1 aromatic carbocycles. The molecule has 3 aromatic rings. The summed E-state index contributed by atoms with van der Waals surface area (Å²) in [5, 5.41) is 4.71. The second-order valence-electron chi connectivity index (χ2n) is 4.46. The van der Waals surface area contributed by atoms with E-state index in [0.717, 1.165) is 17.6 Å². The zero-order valence-electron chi connectivity index (χ0n) is 10.9. The van der Waals surface area contributed by atoms with Gasteiger partial charge in [-0.3, -0.25) is 4.57 Å². The first-order valence-electron chi connectivity index (χ1n) is 6.15. The lowest BCUT2D eigenvalue weighted by Crippen LogP contribution is -2.03. The normalized spacial score (nSPS) is 11.4. The number of rotatable bonds is 2. The Balaban J connectivity index is 2.46. The number of nitrogens with one attached hydrogen (secondary N) is 1. The topological polar surface area (TPSA) is 38.5 Å². The Labute approximate surface area is 124 Å². The minimum Gasteiger partial charge on any atom is -0.327 e.